The van der Waals surface area contributed by atoms with Crippen molar-refractivity contribution in [3.8, 4) is 5.75 Å². The van der Waals surface area contributed by atoms with Gasteiger partial charge in [0.05, 0.1) is 12.9 Å². The first-order chi connectivity index (χ1) is 11.5. The summed E-state index contributed by atoms with van der Waals surface area (Å²) >= 11 is 0. The van der Waals surface area contributed by atoms with Crippen molar-refractivity contribution in [3.05, 3.63) is 29.8 Å². The Kier molecular flexibility index (Phi) is 6.62. The van der Waals surface area contributed by atoms with Gasteiger partial charge in [0.15, 0.2) is 0 Å². The lowest BCUT2D eigenvalue weighted by molar-refractivity contribution is 0.0955. The third kappa shape index (κ3) is 4.70. The van der Waals surface area contributed by atoms with E-state index in [1.807, 2.05) is 6.92 Å². The second-order valence-corrected chi connectivity index (χ2v) is 8.01. The van der Waals surface area contributed by atoms with Gasteiger partial charge >= 0.3 is 0 Å². The largest absolute Gasteiger partial charge is 0.497 e. The van der Waals surface area contributed by atoms with Crippen molar-refractivity contribution in [2.45, 2.75) is 38.6 Å². The molecule has 24 heavy (non-hydrogen) atoms. The van der Waals surface area contributed by atoms with Gasteiger partial charge in [-0.1, -0.05) is 19.4 Å². The SMILES string of the molecule is CC[C@H]1CCCCN1S(=O)(=O)CCNC(=O)c1cccc(OC)c1. The first-order valence-corrected chi connectivity index (χ1v) is 10.0. The number of piperidine rings is 1. The minimum Gasteiger partial charge on any atom is -0.497 e. The Morgan fingerprint density at radius 2 is 2.17 bits per heavy atom. The first kappa shape index (κ1) is 18.7. The molecule has 6 nitrogen and oxygen atoms in total. The van der Waals surface area contributed by atoms with Crippen molar-refractivity contribution in [2.75, 3.05) is 26.0 Å². The van der Waals surface area contributed by atoms with Gasteiger partial charge in [0.25, 0.3) is 5.91 Å². The van der Waals surface area contributed by atoms with Gasteiger partial charge in [-0.05, 0) is 37.5 Å². The van der Waals surface area contributed by atoms with Gasteiger partial charge in [0.2, 0.25) is 10.0 Å². The molecule has 0 bridgehead atoms. The number of carbonyl (C=O) groups is 1. The molecule has 1 amide bonds. The highest BCUT2D eigenvalue weighted by atomic mass is 32.2. The van der Waals surface area contributed by atoms with Gasteiger partial charge in [-0.2, -0.15) is 4.31 Å². The van der Waals surface area contributed by atoms with E-state index in [4.69, 9.17) is 4.74 Å². The molecule has 0 unspecified atom stereocenters. The van der Waals surface area contributed by atoms with Crippen LogP contribution >= 0.6 is 0 Å². The van der Waals surface area contributed by atoms with Crippen LogP contribution in [0.25, 0.3) is 0 Å². The highest BCUT2D eigenvalue weighted by Gasteiger charge is 2.30. The monoisotopic (exact) mass is 354 g/mol. The van der Waals surface area contributed by atoms with E-state index < -0.39 is 10.0 Å². The van der Waals surface area contributed by atoms with Crippen molar-refractivity contribution >= 4 is 15.9 Å². The number of carbonyl (C=O) groups excluding carboxylic acids is 1. The number of amides is 1. The maximum absolute atomic E-state index is 12.5. The van der Waals surface area contributed by atoms with Crippen molar-refractivity contribution < 1.29 is 17.9 Å². The van der Waals surface area contributed by atoms with E-state index in [-0.39, 0.29) is 24.2 Å². The number of rotatable bonds is 7. The number of hydrogen-bond donors (Lipinski definition) is 1. The quantitative estimate of drug-likeness (QED) is 0.813. The Morgan fingerprint density at radius 3 is 2.88 bits per heavy atom. The van der Waals surface area contributed by atoms with Crippen LogP contribution < -0.4 is 10.1 Å². The molecule has 1 aromatic rings. The molecule has 1 atom stereocenters. The van der Waals surface area contributed by atoms with Crippen molar-refractivity contribution in [1.29, 1.82) is 0 Å². The number of sulfonamides is 1. The van der Waals surface area contributed by atoms with Gasteiger partial charge in [-0.25, -0.2) is 8.42 Å². The second kappa shape index (κ2) is 8.48. The summed E-state index contributed by atoms with van der Waals surface area (Å²) in [4.78, 5) is 12.1. The average Bonchev–Trinajstić information content (AvgIpc) is 2.61. The molecule has 1 saturated heterocycles. The second-order valence-electron chi connectivity index (χ2n) is 5.97. The zero-order chi connectivity index (χ0) is 17.6. The van der Waals surface area contributed by atoms with Crippen LogP contribution in [-0.2, 0) is 10.0 Å². The fourth-order valence-electron chi connectivity index (χ4n) is 3.03. The zero-order valence-corrected chi connectivity index (χ0v) is 15.1. The first-order valence-electron chi connectivity index (χ1n) is 8.39. The fourth-order valence-corrected chi connectivity index (χ4v) is 4.74. The predicted octanol–water partition coefficient (Wildman–Crippen LogP) is 2.02. The molecule has 0 aromatic heterocycles. The van der Waals surface area contributed by atoms with Crippen LogP contribution in [0.1, 0.15) is 43.0 Å². The highest BCUT2D eigenvalue weighted by Crippen LogP contribution is 2.22. The summed E-state index contributed by atoms with van der Waals surface area (Å²) in [5.74, 6) is 0.225. The van der Waals surface area contributed by atoms with Crippen molar-refractivity contribution in [1.82, 2.24) is 9.62 Å². The molecule has 2 rings (SSSR count). The molecular weight excluding hydrogens is 328 g/mol. The van der Waals surface area contributed by atoms with E-state index >= 15 is 0 Å². The Balaban J connectivity index is 1.91. The van der Waals surface area contributed by atoms with Crippen LogP contribution in [-0.4, -0.2) is 50.6 Å². The van der Waals surface area contributed by atoms with Crippen LogP contribution in [0.2, 0.25) is 0 Å². The maximum Gasteiger partial charge on any atom is 0.251 e. The average molecular weight is 354 g/mol. The molecule has 134 valence electrons. The predicted molar refractivity (Wildman–Crippen MR) is 93.8 cm³/mol. The summed E-state index contributed by atoms with van der Waals surface area (Å²) in [6.07, 6.45) is 3.74. The molecule has 1 fully saturated rings. The van der Waals surface area contributed by atoms with E-state index in [1.165, 1.54) is 7.11 Å². The van der Waals surface area contributed by atoms with Gasteiger partial charge in [0.1, 0.15) is 5.75 Å². The number of methoxy groups -OCH3 is 1. The minimum absolute atomic E-state index is 0.0702. The lowest BCUT2D eigenvalue weighted by atomic mass is 10.0. The van der Waals surface area contributed by atoms with E-state index in [9.17, 15) is 13.2 Å². The maximum atomic E-state index is 12.5. The van der Waals surface area contributed by atoms with Gasteiger partial charge in [-0.15, -0.1) is 0 Å². The minimum atomic E-state index is -3.34. The van der Waals surface area contributed by atoms with Crippen LogP contribution in [0.3, 0.4) is 0 Å². The molecule has 1 aromatic carbocycles. The molecule has 0 saturated carbocycles. The lowest BCUT2D eigenvalue weighted by Gasteiger charge is -2.34. The van der Waals surface area contributed by atoms with Gasteiger partial charge in [-0.3, -0.25) is 4.79 Å². The number of ether oxygens (including phenoxy) is 1. The summed E-state index contributed by atoms with van der Waals surface area (Å²) in [5, 5.41) is 2.68. The standard InChI is InChI=1S/C17H26N2O4S/c1-3-15-8-4-5-11-19(15)24(21,22)12-10-18-17(20)14-7-6-9-16(13-14)23-2/h6-7,9,13,15H,3-5,8,10-12H2,1-2H3,(H,18,20)/t15-/m0/s1. The van der Waals surface area contributed by atoms with E-state index in [1.54, 1.807) is 28.6 Å². The zero-order valence-electron chi connectivity index (χ0n) is 14.3. The van der Waals surface area contributed by atoms with Crippen LogP contribution in [0.4, 0.5) is 0 Å². The molecule has 0 radical (unpaired) electrons. The Labute approximate surface area is 144 Å². The molecular formula is C17H26N2O4S. The molecule has 7 heteroatoms. The van der Waals surface area contributed by atoms with Crippen LogP contribution in [0.5, 0.6) is 5.75 Å². The normalized spacial score (nSPS) is 19.0. The summed E-state index contributed by atoms with van der Waals surface area (Å²) in [6, 6.07) is 6.87. The van der Waals surface area contributed by atoms with E-state index in [0.717, 1.165) is 25.7 Å². The van der Waals surface area contributed by atoms with Crippen molar-refractivity contribution in [3.63, 3.8) is 0 Å². The summed E-state index contributed by atoms with van der Waals surface area (Å²) in [5.41, 5.74) is 0.455. The summed E-state index contributed by atoms with van der Waals surface area (Å²) < 4.78 is 31.8. The summed E-state index contributed by atoms with van der Waals surface area (Å²) in [6.45, 7) is 2.71. The van der Waals surface area contributed by atoms with Crippen LogP contribution in [0.15, 0.2) is 24.3 Å². The van der Waals surface area contributed by atoms with Crippen LogP contribution in [0, 0.1) is 0 Å². The summed E-state index contributed by atoms with van der Waals surface area (Å²) in [7, 11) is -1.81. The number of nitrogens with one attached hydrogen (secondary N) is 1. The molecule has 0 spiro atoms. The number of hydrogen-bond acceptors (Lipinski definition) is 4. The topological polar surface area (TPSA) is 75.7 Å². The van der Waals surface area contributed by atoms with Gasteiger partial charge in [0, 0.05) is 24.7 Å². The Bertz CT molecular complexity index is 660. The van der Waals surface area contributed by atoms with Gasteiger partial charge < -0.3 is 10.1 Å². The molecule has 0 aliphatic carbocycles. The highest BCUT2D eigenvalue weighted by molar-refractivity contribution is 7.89. The third-order valence-corrected chi connectivity index (χ3v) is 6.29. The fraction of sp³-hybridized carbons (Fsp3) is 0.588. The smallest absolute Gasteiger partial charge is 0.251 e. The van der Waals surface area contributed by atoms with Crippen molar-refractivity contribution in [2.24, 2.45) is 0 Å². The van der Waals surface area contributed by atoms with E-state index in [0.29, 0.717) is 17.9 Å². The number of benzene rings is 1. The Morgan fingerprint density at radius 1 is 1.38 bits per heavy atom. The van der Waals surface area contributed by atoms with E-state index in [2.05, 4.69) is 5.32 Å². The molecule has 1 N–H and O–H groups in total. The lowest BCUT2D eigenvalue weighted by Crippen LogP contribution is -2.46. The molecule has 1 aliphatic rings. The Hall–Kier alpha value is -1.60. The molecule has 1 heterocycles. The number of nitrogens with zero attached hydrogens (tertiary/aromatic N) is 1. The molecule has 1 aliphatic heterocycles. The third-order valence-electron chi connectivity index (χ3n) is 4.38.